The van der Waals surface area contributed by atoms with Crippen LogP contribution in [0.3, 0.4) is 0 Å². The first-order valence-corrected chi connectivity index (χ1v) is 11.7. The van der Waals surface area contributed by atoms with Crippen LogP contribution in [0.1, 0.15) is 41.1 Å². The van der Waals surface area contributed by atoms with Crippen molar-refractivity contribution < 1.29 is 24.1 Å². The van der Waals surface area contributed by atoms with E-state index in [2.05, 4.69) is 49.2 Å². The number of carboxylic acid groups (broad SMARTS) is 1. The Balaban J connectivity index is 1.25. The number of aryl methyl sites for hydroxylation is 2. The Morgan fingerprint density at radius 1 is 1.12 bits per heavy atom. The standard InChI is InChI=1S/C28H29NO5/c1-17-10-23(34-22-8-9-32-16-22)11-18(2)27(17)20-5-3-4-19(12-20)15-33-21-6-7-26(29-14-21)24-13-25(24)28(30)31/h3-7,10-12,14,22,24-25H,8-9,13,15-16H2,1-2H3,(H,30,31)/t22-,24-,25-/m0/s1. The van der Waals surface area contributed by atoms with E-state index >= 15 is 0 Å². The molecule has 0 unspecified atom stereocenters. The maximum absolute atomic E-state index is 11.1. The molecule has 2 heterocycles. The lowest BCUT2D eigenvalue weighted by Gasteiger charge is -2.17. The van der Waals surface area contributed by atoms with E-state index in [0.717, 1.165) is 35.6 Å². The van der Waals surface area contributed by atoms with Gasteiger partial charge in [0.15, 0.2) is 0 Å². The smallest absolute Gasteiger partial charge is 0.307 e. The number of benzene rings is 2. The van der Waals surface area contributed by atoms with Gasteiger partial charge in [0, 0.05) is 18.0 Å². The topological polar surface area (TPSA) is 77.9 Å². The summed E-state index contributed by atoms with van der Waals surface area (Å²) in [6.07, 6.45) is 3.41. The Morgan fingerprint density at radius 3 is 2.59 bits per heavy atom. The quantitative estimate of drug-likeness (QED) is 0.493. The number of nitrogens with zero attached hydrogens (tertiary/aromatic N) is 1. The first kappa shape index (κ1) is 22.4. The molecule has 2 fully saturated rings. The van der Waals surface area contributed by atoms with Gasteiger partial charge in [0.1, 0.15) is 24.2 Å². The lowest BCUT2D eigenvalue weighted by molar-refractivity contribution is -0.138. The third kappa shape index (κ3) is 4.92. The first-order valence-electron chi connectivity index (χ1n) is 11.7. The van der Waals surface area contributed by atoms with Crippen LogP contribution in [0.2, 0.25) is 0 Å². The summed E-state index contributed by atoms with van der Waals surface area (Å²) in [6.45, 7) is 6.08. The molecule has 1 aliphatic heterocycles. The van der Waals surface area contributed by atoms with Crippen molar-refractivity contribution in [2.75, 3.05) is 13.2 Å². The van der Waals surface area contributed by atoms with Crippen LogP contribution in [0, 0.1) is 19.8 Å². The molecule has 0 radical (unpaired) electrons. The second kappa shape index (κ2) is 9.47. The van der Waals surface area contributed by atoms with E-state index in [0.29, 0.717) is 25.4 Å². The van der Waals surface area contributed by atoms with Crippen LogP contribution in [0.15, 0.2) is 54.7 Å². The lowest BCUT2D eigenvalue weighted by Crippen LogP contribution is -2.15. The normalized spacial score (nSPS) is 21.3. The summed E-state index contributed by atoms with van der Waals surface area (Å²) < 4.78 is 17.5. The molecular formula is C28H29NO5. The van der Waals surface area contributed by atoms with Gasteiger partial charge in [-0.25, -0.2) is 0 Å². The molecule has 1 N–H and O–H groups in total. The molecule has 1 aromatic heterocycles. The third-order valence-corrected chi connectivity index (χ3v) is 6.56. The summed E-state index contributed by atoms with van der Waals surface area (Å²) in [6, 6.07) is 16.3. The number of carbonyl (C=O) groups is 1. The number of aliphatic carboxylic acids is 1. The van der Waals surface area contributed by atoms with Gasteiger partial charge in [-0.2, -0.15) is 0 Å². The number of rotatable bonds is 8. The lowest BCUT2D eigenvalue weighted by atomic mass is 9.94. The molecule has 5 rings (SSSR count). The minimum atomic E-state index is -0.747. The van der Waals surface area contributed by atoms with E-state index in [-0.39, 0.29) is 17.9 Å². The van der Waals surface area contributed by atoms with Gasteiger partial charge < -0.3 is 19.3 Å². The van der Waals surface area contributed by atoms with E-state index in [9.17, 15) is 4.79 Å². The van der Waals surface area contributed by atoms with Crippen molar-refractivity contribution in [2.45, 2.75) is 45.3 Å². The molecule has 6 nitrogen and oxygen atoms in total. The Labute approximate surface area is 199 Å². The first-order chi connectivity index (χ1) is 16.5. The fraction of sp³-hybridized carbons (Fsp3) is 0.357. The van der Waals surface area contributed by atoms with Crippen molar-refractivity contribution in [3.05, 3.63) is 77.1 Å². The number of pyridine rings is 1. The van der Waals surface area contributed by atoms with Crippen LogP contribution < -0.4 is 9.47 Å². The largest absolute Gasteiger partial charge is 0.488 e. The minimum Gasteiger partial charge on any atom is -0.488 e. The van der Waals surface area contributed by atoms with Crippen LogP contribution in [-0.2, 0) is 16.1 Å². The zero-order chi connectivity index (χ0) is 23.7. The molecule has 6 heteroatoms. The Bertz CT molecular complexity index is 1160. The molecule has 2 aromatic carbocycles. The average Bonchev–Trinajstić information content (AvgIpc) is 3.47. The van der Waals surface area contributed by atoms with Crippen molar-refractivity contribution in [1.82, 2.24) is 4.98 Å². The molecular weight excluding hydrogens is 430 g/mol. The van der Waals surface area contributed by atoms with Crippen molar-refractivity contribution in [3.63, 3.8) is 0 Å². The highest BCUT2D eigenvalue weighted by Crippen LogP contribution is 2.46. The molecule has 34 heavy (non-hydrogen) atoms. The molecule has 2 aliphatic rings. The van der Waals surface area contributed by atoms with Gasteiger partial charge in [0.05, 0.1) is 25.3 Å². The van der Waals surface area contributed by atoms with E-state index in [1.54, 1.807) is 6.20 Å². The maximum Gasteiger partial charge on any atom is 0.307 e. The van der Waals surface area contributed by atoms with Crippen LogP contribution >= 0.6 is 0 Å². The number of hydrogen-bond acceptors (Lipinski definition) is 5. The van der Waals surface area contributed by atoms with E-state index in [1.165, 1.54) is 16.7 Å². The highest BCUT2D eigenvalue weighted by molar-refractivity contribution is 5.75. The van der Waals surface area contributed by atoms with E-state index < -0.39 is 5.97 Å². The Kier molecular flexibility index (Phi) is 6.24. The van der Waals surface area contributed by atoms with Crippen molar-refractivity contribution in [2.24, 2.45) is 5.92 Å². The van der Waals surface area contributed by atoms with Crippen LogP contribution in [0.25, 0.3) is 11.1 Å². The van der Waals surface area contributed by atoms with Gasteiger partial charge in [-0.3, -0.25) is 9.78 Å². The van der Waals surface area contributed by atoms with Gasteiger partial charge in [-0.05, 0) is 78.4 Å². The number of hydrogen-bond donors (Lipinski definition) is 1. The zero-order valence-corrected chi connectivity index (χ0v) is 19.5. The number of aromatic nitrogens is 1. The molecule has 176 valence electrons. The summed E-state index contributed by atoms with van der Waals surface area (Å²) in [5.74, 6) is 0.546. The fourth-order valence-electron chi connectivity index (χ4n) is 4.72. The van der Waals surface area contributed by atoms with E-state index in [4.69, 9.17) is 19.3 Å². The van der Waals surface area contributed by atoms with Gasteiger partial charge in [-0.1, -0.05) is 18.2 Å². The van der Waals surface area contributed by atoms with Gasteiger partial charge in [0.25, 0.3) is 0 Å². The summed E-state index contributed by atoms with van der Waals surface area (Å²) in [7, 11) is 0. The van der Waals surface area contributed by atoms with Crippen LogP contribution in [0.5, 0.6) is 11.5 Å². The highest BCUT2D eigenvalue weighted by Gasteiger charge is 2.45. The number of ether oxygens (including phenoxy) is 3. The summed E-state index contributed by atoms with van der Waals surface area (Å²) in [5, 5.41) is 9.10. The van der Waals surface area contributed by atoms with Crippen molar-refractivity contribution >= 4 is 5.97 Å². The van der Waals surface area contributed by atoms with Gasteiger partial charge >= 0.3 is 5.97 Å². The summed E-state index contributed by atoms with van der Waals surface area (Å²) in [5.41, 5.74) is 6.59. The highest BCUT2D eigenvalue weighted by atomic mass is 16.5. The maximum atomic E-state index is 11.1. The van der Waals surface area contributed by atoms with Crippen molar-refractivity contribution in [3.8, 4) is 22.6 Å². The Morgan fingerprint density at radius 2 is 1.94 bits per heavy atom. The van der Waals surface area contributed by atoms with Gasteiger partial charge in [-0.15, -0.1) is 0 Å². The second-order valence-electron chi connectivity index (χ2n) is 9.23. The second-order valence-corrected chi connectivity index (χ2v) is 9.23. The van der Waals surface area contributed by atoms with Crippen LogP contribution in [0.4, 0.5) is 0 Å². The van der Waals surface area contributed by atoms with E-state index in [1.807, 2.05) is 18.2 Å². The third-order valence-electron chi connectivity index (χ3n) is 6.56. The molecule has 0 spiro atoms. The molecule has 0 amide bonds. The average molecular weight is 460 g/mol. The number of carboxylic acids is 1. The van der Waals surface area contributed by atoms with Crippen molar-refractivity contribution in [1.29, 1.82) is 0 Å². The SMILES string of the molecule is Cc1cc(O[C@H]2CCOC2)cc(C)c1-c1cccc(COc2ccc([C@H]3C[C@@H]3C(=O)O)nc2)c1. The van der Waals surface area contributed by atoms with Gasteiger partial charge in [0.2, 0.25) is 0 Å². The Hall–Kier alpha value is -3.38. The monoisotopic (exact) mass is 459 g/mol. The molecule has 0 bridgehead atoms. The van der Waals surface area contributed by atoms with Crippen LogP contribution in [-0.4, -0.2) is 35.4 Å². The molecule has 1 aliphatic carbocycles. The predicted molar refractivity (Wildman–Crippen MR) is 128 cm³/mol. The summed E-state index contributed by atoms with van der Waals surface area (Å²) in [4.78, 5) is 15.5. The zero-order valence-electron chi connectivity index (χ0n) is 19.5. The molecule has 1 saturated heterocycles. The fourth-order valence-corrected chi connectivity index (χ4v) is 4.72. The minimum absolute atomic E-state index is 0.0259. The molecule has 3 atom stereocenters. The molecule has 1 saturated carbocycles. The molecule has 3 aromatic rings. The summed E-state index contributed by atoms with van der Waals surface area (Å²) >= 11 is 0. The predicted octanol–water partition coefficient (Wildman–Crippen LogP) is 5.30.